The quantitative estimate of drug-likeness (QED) is 0.492. The normalized spacial score (nSPS) is 40.0. The van der Waals surface area contributed by atoms with Gasteiger partial charge < -0.3 is 0 Å². The molecule has 0 aromatic rings. The van der Waals surface area contributed by atoms with Crippen molar-refractivity contribution in [2.45, 2.75) is 32.1 Å². The fourth-order valence-corrected chi connectivity index (χ4v) is 2.92. The van der Waals surface area contributed by atoms with Crippen LogP contribution in [0.15, 0.2) is 23.3 Å². The minimum absolute atomic E-state index is 0.990. The summed E-state index contributed by atoms with van der Waals surface area (Å²) in [6.45, 7) is 0. The lowest BCUT2D eigenvalue weighted by atomic mass is 9.67. The molecule has 0 unspecified atom stereocenters. The second-order valence-electron chi connectivity index (χ2n) is 4.13. The Labute approximate surface area is 68.0 Å². The summed E-state index contributed by atoms with van der Waals surface area (Å²) in [5.41, 5.74) is 3.51. The van der Waals surface area contributed by atoms with E-state index in [0.29, 0.717) is 0 Å². The highest BCUT2D eigenvalue weighted by atomic mass is 14.4. The number of hydrogen-bond acceptors (Lipinski definition) is 0. The van der Waals surface area contributed by atoms with Gasteiger partial charge in [0.05, 0.1) is 0 Å². The Balaban J connectivity index is 1.99. The largest absolute Gasteiger partial charge is 0.0665 e. The molecule has 58 valence electrons. The van der Waals surface area contributed by atoms with Crippen molar-refractivity contribution >= 4 is 0 Å². The van der Waals surface area contributed by atoms with E-state index in [0.717, 1.165) is 11.8 Å². The summed E-state index contributed by atoms with van der Waals surface area (Å²) in [5, 5.41) is 0. The van der Waals surface area contributed by atoms with Crippen molar-refractivity contribution in [3.63, 3.8) is 0 Å². The predicted molar refractivity (Wildman–Crippen MR) is 46.2 cm³/mol. The van der Waals surface area contributed by atoms with Crippen molar-refractivity contribution in [2.24, 2.45) is 11.8 Å². The molecule has 11 heavy (non-hydrogen) atoms. The van der Waals surface area contributed by atoms with Crippen molar-refractivity contribution in [2.75, 3.05) is 0 Å². The Kier molecular flexibility index (Phi) is 1.10. The fraction of sp³-hybridized carbons (Fsp3) is 0.636. The van der Waals surface area contributed by atoms with Crippen LogP contribution >= 0.6 is 0 Å². The second kappa shape index (κ2) is 2.00. The van der Waals surface area contributed by atoms with Crippen LogP contribution in [-0.4, -0.2) is 0 Å². The van der Waals surface area contributed by atoms with Crippen LogP contribution in [-0.2, 0) is 0 Å². The van der Waals surface area contributed by atoms with Crippen molar-refractivity contribution in [1.29, 1.82) is 0 Å². The molecule has 0 nitrogen and oxygen atoms in total. The molecule has 2 saturated carbocycles. The summed E-state index contributed by atoms with van der Waals surface area (Å²) >= 11 is 0. The minimum atomic E-state index is 0.990. The molecule has 0 aliphatic heterocycles. The molecule has 3 aliphatic carbocycles. The van der Waals surface area contributed by atoms with E-state index in [1.165, 1.54) is 32.1 Å². The molecule has 0 aromatic carbocycles. The smallest absolute Gasteiger partial charge is 0.0131 e. The first kappa shape index (κ1) is 6.05. The van der Waals surface area contributed by atoms with Crippen LogP contribution in [0, 0.1) is 11.8 Å². The van der Waals surface area contributed by atoms with Gasteiger partial charge in [0.25, 0.3) is 0 Å². The van der Waals surface area contributed by atoms with Gasteiger partial charge in [-0.2, -0.15) is 0 Å². The van der Waals surface area contributed by atoms with E-state index in [9.17, 15) is 0 Å². The summed E-state index contributed by atoms with van der Waals surface area (Å²) < 4.78 is 0. The van der Waals surface area contributed by atoms with Gasteiger partial charge in [-0.05, 0) is 43.9 Å². The summed E-state index contributed by atoms with van der Waals surface area (Å²) in [7, 11) is 0. The molecule has 0 saturated heterocycles. The molecule has 0 aromatic heterocycles. The molecule has 0 N–H and O–H groups in total. The van der Waals surface area contributed by atoms with E-state index in [-0.39, 0.29) is 0 Å². The lowest BCUT2D eigenvalue weighted by Gasteiger charge is -2.38. The molecule has 0 spiro atoms. The first-order valence-corrected chi connectivity index (χ1v) is 4.84. The van der Waals surface area contributed by atoms with Crippen LogP contribution in [0.3, 0.4) is 0 Å². The average molecular weight is 146 g/mol. The first-order valence-electron chi connectivity index (χ1n) is 4.84. The van der Waals surface area contributed by atoms with Gasteiger partial charge in [-0.15, -0.1) is 0 Å². The van der Waals surface area contributed by atoms with Gasteiger partial charge in [0, 0.05) is 0 Å². The van der Waals surface area contributed by atoms with Crippen molar-refractivity contribution in [3.8, 4) is 0 Å². The van der Waals surface area contributed by atoms with E-state index in [2.05, 4.69) is 12.2 Å². The van der Waals surface area contributed by atoms with Gasteiger partial charge in [-0.25, -0.2) is 0 Å². The van der Waals surface area contributed by atoms with E-state index in [1.54, 1.807) is 11.1 Å². The molecule has 0 bridgehead atoms. The van der Waals surface area contributed by atoms with Gasteiger partial charge in [-0.3, -0.25) is 0 Å². The molecule has 0 heteroatoms. The highest BCUT2D eigenvalue weighted by Gasteiger charge is 2.37. The van der Waals surface area contributed by atoms with E-state index in [1.807, 2.05) is 0 Å². The Morgan fingerprint density at radius 1 is 0.909 bits per heavy atom. The van der Waals surface area contributed by atoms with Crippen LogP contribution < -0.4 is 0 Å². The van der Waals surface area contributed by atoms with Crippen molar-refractivity contribution < 1.29 is 0 Å². The zero-order valence-corrected chi connectivity index (χ0v) is 6.84. The third kappa shape index (κ3) is 0.702. The number of hydrogen-bond donors (Lipinski definition) is 0. The van der Waals surface area contributed by atoms with Crippen molar-refractivity contribution in [1.82, 2.24) is 0 Å². The van der Waals surface area contributed by atoms with E-state index in [4.69, 9.17) is 0 Å². The molecule has 3 aliphatic rings. The Morgan fingerprint density at radius 3 is 2.36 bits per heavy atom. The van der Waals surface area contributed by atoms with Gasteiger partial charge in [0.15, 0.2) is 0 Å². The molecule has 0 heterocycles. The van der Waals surface area contributed by atoms with Gasteiger partial charge >= 0.3 is 0 Å². The Morgan fingerprint density at radius 2 is 1.64 bits per heavy atom. The minimum Gasteiger partial charge on any atom is -0.0665 e. The maximum Gasteiger partial charge on any atom is -0.0131 e. The zero-order chi connectivity index (χ0) is 7.26. The molecule has 0 amide bonds. The molecular weight excluding hydrogens is 132 g/mol. The second-order valence-corrected chi connectivity index (χ2v) is 4.13. The van der Waals surface area contributed by atoms with Gasteiger partial charge in [0.1, 0.15) is 0 Å². The molecule has 0 radical (unpaired) electrons. The fourth-order valence-electron chi connectivity index (χ4n) is 2.92. The third-order valence-electron chi connectivity index (χ3n) is 3.67. The summed E-state index contributed by atoms with van der Waals surface area (Å²) in [6, 6.07) is 0. The topological polar surface area (TPSA) is 0 Å². The van der Waals surface area contributed by atoms with Crippen molar-refractivity contribution in [3.05, 3.63) is 23.3 Å². The van der Waals surface area contributed by atoms with Crippen LogP contribution in [0.1, 0.15) is 32.1 Å². The van der Waals surface area contributed by atoms with Crippen LogP contribution in [0.2, 0.25) is 0 Å². The van der Waals surface area contributed by atoms with E-state index >= 15 is 0 Å². The maximum atomic E-state index is 2.41. The molecule has 3 rings (SSSR count). The number of allylic oxidation sites excluding steroid dienone is 4. The molecule has 2 fully saturated rings. The lowest BCUT2D eigenvalue weighted by Crippen LogP contribution is -2.26. The highest BCUT2D eigenvalue weighted by Crippen LogP contribution is 2.50. The predicted octanol–water partition coefficient (Wildman–Crippen LogP) is 3.06. The van der Waals surface area contributed by atoms with Gasteiger partial charge in [-0.1, -0.05) is 23.3 Å². The Bertz CT molecular complexity index is 245. The van der Waals surface area contributed by atoms with Crippen LogP contribution in [0.5, 0.6) is 0 Å². The SMILES string of the molecule is C1=C2CCC[C@H]2[C@H]2CCC2=C1. The summed E-state index contributed by atoms with van der Waals surface area (Å²) in [5.74, 6) is 1.99. The van der Waals surface area contributed by atoms with Gasteiger partial charge in [0.2, 0.25) is 0 Å². The number of rotatable bonds is 0. The lowest BCUT2D eigenvalue weighted by molar-refractivity contribution is 0.329. The molecule has 2 atom stereocenters. The van der Waals surface area contributed by atoms with E-state index < -0.39 is 0 Å². The standard InChI is InChI=1S/C11H14/c1-2-8-4-5-9-6-7-11(9)10(8)3-1/h4-5,10-11H,1-3,6-7H2/t10-,11+/m1/s1. The Hall–Kier alpha value is -0.520. The summed E-state index contributed by atoms with van der Waals surface area (Å²) in [4.78, 5) is 0. The monoisotopic (exact) mass is 146 g/mol. The summed E-state index contributed by atoms with van der Waals surface area (Å²) in [6.07, 6.45) is 12.0. The number of fused-ring (bicyclic) bond motifs is 3. The first-order chi connectivity index (χ1) is 5.45. The highest BCUT2D eigenvalue weighted by molar-refractivity contribution is 5.34. The third-order valence-corrected chi connectivity index (χ3v) is 3.67. The maximum absolute atomic E-state index is 2.41. The zero-order valence-electron chi connectivity index (χ0n) is 6.84. The van der Waals surface area contributed by atoms with Crippen LogP contribution in [0.4, 0.5) is 0 Å². The van der Waals surface area contributed by atoms with Crippen LogP contribution in [0.25, 0.3) is 0 Å². The molecular formula is C11H14. The average Bonchev–Trinajstić information content (AvgIpc) is 2.34.